The molecule has 0 aliphatic carbocycles. The summed E-state index contributed by atoms with van der Waals surface area (Å²) < 4.78 is 5.12. The van der Waals surface area contributed by atoms with Crippen LogP contribution in [-0.4, -0.2) is 24.0 Å². The third-order valence-electron chi connectivity index (χ3n) is 2.79. The lowest BCUT2D eigenvalue weighted by molar-refractivity contribution is -0.131. The fourth-order valence-electron chi connectivity index (χ4n) is 1.72. The average molecular weight is 257 g/mol. The van der Waals surface area contributed by atoms with Crippen molar-refractivity contribution in [2.45, 2.75) is 20.8 Å². The second-order valence-electron chi connectivity index (χ2n) is 3.73. The van der Waals surface area contributed by atoms with Gasteiger partial charge in [0.2, 0.25) is 0 Å². The molecular formula is C12H13ClO4. The Morgan fingerprint density at radius 1 is 1.12 bits per heavy atom. The van der Waals surface area contributed by atoms with Crippen LogP contribution in [0.1, 0.15) is 27.0 Å². The molecule has 1 aromatic carbocycles. The van der Waals surface area contributed by atoms with Crippen molar-refractivity contribution >= 4 is 23.4 Å². The molecule has 0 unspecified atom stereocenters. The number of halogens is 1. The van der Waals surface area contributed by atoms with Crippen LogP contribution in [0.15, 0.2) is 0 Å². The van der Waals surface area contributed by atoms with Crippen molar-refractivity contribution in [1.82, 2.24) is 0 Å². The molecule has 0 atom stereocenters. The predicted octanol–water partition coefficient (Wildman–Crippen LogP) is 2.54. The molecule has 0 fully saturated rings. The zero-order chi connectivity index (χ0) is 13.3. The molecule has 0 aliphatic heterocycles. The maximum Gasteiger partial charge on any atom is 0.377 e. The van der Waals surface area contributed by atoms with Gasteiger partial charge in [0, 0.05) is 5.02 Å². The molecule has 0 spiro atoms. The number of hydrogen-bond donors (Lipinski definition) is 1. The van der Waals surface area contributed by atoms with Gasteiger partial charge in [-0.3, -0.25) is 4.79 Å². The highest BCUT2D eigenvalue weighted by Gasteiger charge is 2.26. The number of carbonyl (C=O) groups excluding carboxylic acids is 1. The molecule has 0 aromatic heterocycles. The quantitative estimate of drug-likeness (QED) is 0.667. The maximum absolute atomic E-state index is 11.6. The summed E-state index contributed by atoms with van der Waals surface area (Å²) in [5.41, 5.74) is 1.91. The van der Waals surface area contributed by atoms with E-state index in [0.29, 0.717) is 16.1 Å². The number of ether oxygens (including phenoxy) is 1. The monoisotopic (exact) mass is 256 g/mol. The van der Waals surface area contributed by atoms with Crippen LogP contribution in [0.5, 0.6) is 5.75 Å². The summed E-state index contributed by atoms with van der Waals surface area (Å²) in [6.45, 7) is 5.13. The number of Topliss-reactive ketones (excluding diaryl/α,β-unsaturated/α-hetero) is 1. The molecule has 0 heterocycles. The van der Waals surface area contributed by atoms with Gasteiger partial charge >= 0.3 is 5.97 Å². The number of methoxy groups -OCH3 is 1. The Hall–Kier alpha value is -1.55. The number of aliphatic carboxylic acids is 1. The first-order valence-corrected chi connectivity index (χ1v) is 5.31. The molecule has 0 radical (unpaired) electrons. The number of rotatable bonds is 3. The molecule has 0 amide bonds. The van der Waals surface area contributed by atoms with Crippen LogP contribution in [0, 0.1) is 20.8 Å². The molecule has 4 nitrogen and oxygen atoms in total. The Morgan fingerprint density at radius 3 is 2.06 bits per heavy atom. The van der Waals surface area contributed by atoms with Crippen LogP contribution >= 0.6 is 11.6 Å². The van der Waals surface area contributed by atoms with Crippen LogP contribution < -0.4 is 4.74 Å². The van der Waals surface area contributed by atoms with Gasteiger partial charge in [0.1, 0.15) is 5.75 Å². The van der Waals surface area contributed by atoms with E-state index in [2.05, 4.69) is 0 Å². The number of carbonyl (C=O) groups is 2. The van der Waals surface area contributed by atoms with E-state index in [9.17, 15) is 9.59 Å². The van der Waals surface area contributed by atoms with Gasteiger partial charge in [-0.15, -0.1) is 0 Å². The Bertz CT molecular complexity index is 506. The van der Waals surface area contributed by atoms with Crippen LogP contribution in [0.25, 0.3) is 0 Å². The van der Waals surface area contributed by atoms with Crippen molar-refractivity contribution in [3.05, 3.63) is 27.3 Å². The van der Waals surface area contributed by atoms with Gasteiger partial charge in [-0.05, 0) is 37.5 Å². The normalized spacial score (nSPS) is 10.2. The van der Waals surface area contributed by atoms with Gasteiger partial charge < -0.3 is 9.84 Å². The van der Waals surface area contributed by atoms with Crippen LogP contribution in [0.2, 0.25) is 5.02 Å². The minimum Gasteiger partial charge on any atom is -0.496 e. The van der Waals surface area contributed by atoms with E-state index in [-0.39, 0.29) is 11.3 Å². The highest BCUT2D eigenvalue weighted by Crippen LogP contribution is 2.35. The van der Waals surface area contributed by atoms with Crippen LogP contribution in [0.4, 0.5) is 0 Å². The predicted molar refractivity (Wildman–Crippen MR) is 64.2 cm³/mol. The lowest BCUT2D eigenvalue weighted by atomic mass is 9.96. The standard InChI is InChI=1S/C12H13ClO4/c1-5-6(2)11(17-4)8(7(3)9(5)13)10(14)12(15)16/h1-4H3,(H,15,16). The van der Waals surface area contributed by atoms with E-state index in [1.54, 1.807) is 20.8 Å². The second-order valence-corrected chi connectivity index (χ2v) is 4.11. The number of carboxylic acids is 1. The molecule has 0 bridgehead atoms. The lowest BCUT2D eigenvalue weighted by Gasteiger charge is -2.16. The molecule has 1 aromatic rings. The Labute approximate surface area is 104 Å². The summed E-state index contributed by atoms with van der Waals surface area (Å²) in [4.78, 5) is 22.4. The number of carboxylic acid groups (broad SMARTS) is 1. The van der Waals surface area contributed by atoms with E-state index in [4.69, 9.17) is 21.4 Å². The van der Waals surface area contributed by atoms with Crippen molar-refractivity contribution in [2.75, 3.05) is 7.11 Å². The van der Waals surface area contributed by atoms with E-state index in [0.717, 1.165) is 5.56 Å². The van der Waals surface area contributed by atoms with E-state index in [1.165, 1.54) is 7.11 Å². The Balaban J connectivity index is 3.70. The summed E-state index contributed by atoms with van der Waals surface area (Å²) in [5, 5.41) is 9.18. The van der Waals surface area contributed by atoms with Crippen LogP contribution in [0.3, 0.4) is 0 Å². The first kappa shape index (κ1) is 13.5. The highest BCUT2D eigenvalue weighted by molar-refractivity contribution is 6.42. The third kappa shape index (κ3) is 2.13. The van der Waals surface area contributed by atoms with Crippen LogP contribution in [-0.2, 0) is 4.79 Å². The largest absolute Gasteiger partial charge is 0.496 e. The Morgan fingerprint density at radius 2 is 1.65 bits per heavy atom. The fourth-order valence-corrected chi connectivity index (χ4v) is 1.96. The summed E-state index contributed by atoms with van der Waals surface area (Å²) in [6.07, 6.45) is 0. The highest BCUT2D eigenvalue weighted by atomic mass is 35.5. The molecule has 1 rings (SSSR count). The number of ketones is 1. The summed E-state index contributed by atoms with van der Waals surface area (Å²) in [6, 6.07) is 0. The maximum atomic E-state index is 11.6. The number of benzene rings is 1. The fraction of sp³-hybridized carbons (Fsp3) is 0.333. The molecule has 0 saturated heterocycles. The van der Waals surface area contributed by atoms with Gasteiger partial charge in [0.15, 0.2) is 0 Å². The topological polar surface area (TPSA) is 63.6 Å². The average Bonchev–Trinajstić information content (AvgIpc) is 2.29. The first-order chi connectivity index (χ1) is 7.82. The van der Waals surface area contributed by atoms with Crippen molar-refractivity contribution in [2.24, 2.45) is 0 Å². The molecule has 1 N–H and O–H groups in total. The molecule has 0 aliphatic rings. The van der Waals surface area contributed by atoms with Gasteiger partial charge in [-0.1, -0.05) is 11.6 Å². The molecule has 5 heteroatoms. The minimum atomic E-state index is -1.52. The summed E-state index contributed by atoms with van der Waals surface area (Å²) >= 11 is 6.07. The molecule has 17 heavy (non-hydrogen) atoms. The van der Waals surface area contributed by atoms with E-state index in [1.807, 2.05) is 0 Å². The van der Waals surface area contributed by atoms with Gasteiger partial charge in [0.25, 0.3) is 5.78 Å². The van der Waals surface area contributed by atoms with Gasteiger partial charge in [0.05, 0.1) is 12.7 Å². The smallest absolute Gasteiger partial charge is 0.377 e. The molecule has 0 saturated carbocycles. The van der Waals surface area contributed by atoms with Crippen molar-refractivity contribution in [1.29, 1.82) is 0 Å². The SMILES string of the molecule is COc1c(C)c(C)c(Cl)c(C)c1C(=O)C(=O)O. The van der Waals surface area contributed by atoms with E-state index < -0.39 is 11.8 Å². The van der Waals surface area contributed by atoms with Crippen molar-refractivity contribution < 1.29 is 19.4 Å². The number of hydrogen-bond acceptors (Lipinski definition) is 3. The van der Waals surface area contributed by atoms with E-state index >= 15 is 0 Å². The second kappa shape index (κ2) is 4.75. The zero-order valence-corrected chi connectivity index (χ0v) is 10.8. The third-order valence-corrected chi connectivity index (χ3v) is 3.36. The van der Waals surface area contributed by atoms with Crippen molar-refractivity contribution in [3.8, 4) is 5.75 Å². The first-order valence-electron chi connectivity index (χ1n) is 4.93. The Kier molecular flexibility index (Phi) is 3.78. The lowest BCUT2D eigenvalue weighted by Crippen LogP contribution is -2.16. The van der Waals surface area contributed by atoms with Gasteiger partial charge in [-0.2, -0.15) is 0 Å². The van der Waals surface area contributed by atoms with Gasteiger partial charge in [-0.25, -0.2) is 4.79 Å². The summed E-state index contributed by atoms with van der Waals surface area (Å²) in [5.74, 6) is -2.26. The van der Waals surface area contributed by atoms with Crippen molar-refractivity contribution in [3.63, 3.8) is 0 Å². The minimum absolute atomic E-state index is 0.0214. The summed E-state index contributed by atoms with van der Waals surface area (Å²) in [7, 11) is 1.40. The molecular weight excluding hydrogens is 244 g/mol. The zero-order valence-electron chi connectivity index (χ0n) is 10.0. The molecule has 92 valence electrons.